The van der Waals surface area contributed by atoms with E-state index in [1.165, 1.54) is 0 Å². The van der Waals surface area contributed by atoms with E-state index in [2.05, 4.69) is 0 Å². The summed E-state index contributed by atoms with van der Waals surface area (Å²) >= 11 is 0. The maximum absolute atomic E-state index is 11.0. The van der Waals surface area contributed by atoms with Crippen LogP contribution in [0.4, 0.5) is 0 Å². The summed E-state index contributed by atoms with van der Waals surface area (Å²) in [5, 5.41) is 0. The van der Waals surface area contributed by atoms with Crippen molar-refractivity contribution < 1.29 is 14.4 Å². The van der Waals surface area contributed by atoms with E-state index in [-0.39, 0.29) is 18.0 Å². The summed E-state index contributed by atoms with van der Waals surface area (Å²) in [5.74, 6) is -0.0743. The number of hydrogen-bond donors (Lipinski definition) is 0. The van der Waals surface area contributed by atoms with Crippen LogP contribution in [0.1, 0.15) is 39.0 Å². The smallest absolute Gasteiger partial charge is 0.140 e. The molecule has 0 fully saturated rings. The van der Waals surface area contributed by atoms with Gasteiger partial charge in [-0.3, -0.25) is 9.59 Å². The molecule has 0 bridgehead atoms. The van der Waals surface area contributed by atoms with E-state index < -0.39 is 0 Å². The fourth-order valence-corrected chi connectivity index (χ4v) is 0.816. The zero-order chi connectivity index (χ0) is 9.40. The van der Waals surface area contributed by atoms with Gasteiger partial charge in [0.2, 0.25) is 0 Å². The van der Waals surface area contributed by atoms with Crippen LogP contribution in [0.3, 0.4) is 0 Å². The van der Waals surface area contributed by atoms with Gasteiger partial charge in [0, 0.05) is 19.3 Å². The minimum absolute atomic E-state index is 0.0221. The van der Waals surface area contributed by atoms with Crippen LogP contribution in [0.2, 0.25) is 0 Å². The average molecular weight is 170 g/mol. The minimum atomic E-state index is -0.0521. The molecule has 12 heavy (non-hydrogen) atoms. The summed E-state index contributed by atoms with van der Waals surface area (Å²) in [5.41, 5.74) is 0. The first-order chi connectivity index (χ1) is 5.70. The van der Waals surface area contributed by atoms with Gasteiger partial charge >= 0.3 is 0 Å². The van der Waals surface area contributed by atoms with Crippen molar-refractivity contribution >= 4 is 17.9 Å². The van der Waals surface area contributed by atoms with Crippen molar-refractivity contribution in [1.82, 2.24) is 0 Å². The van der Waals surface area contributed by atoms with Gasteiger partial charge in [0.05, 0.1) is 6.42 Å². The number of rotatable bonds is 7. The molecule has 0 unspecified atom stereocenters. The largest absolute Gasteiger partial charge is 0.303 e. The van der Waals surface area contributed by atoms with Gasteiger partial charge < -0.3 is 4.79 Å². The van der Waals surface area contributed by atoms with Gasteiger partial charge in [-0.2, -0.15) is 0 Å². The Hall–Kier alpha value is -0.990. The van der Waals surface area contributed by atoms with Crippen LogP contribution in [0.5, 0.6) is 0 Å². The van der Waals surface area contributed by atoms with Crippen molar-refractivity contribution in [1.29, 1.82) is 0 Å². The molecule has 0 atom stereocenters. The van der Waals surface area contributed by atoms with Gasteiger partial charge in [-0.1, -0.05) is 6.92 Å². The Morgan fingerprint density at radius 2 is 1.92 bits per heavy atom. The molecule has 0 aromatic rings. The van der Waals surface area contributed by atoms with Crippen LogP contribution in [0, 0.1) is 0 Å². The standard InChI is InChI=1S/C9H14O3/c1-2-8(11)7-9(12)5-3-4-6-10/h6H,2-5,7H2,1H3. The molecule has 0 saturated heterocycles. The van der Waals surface area contributed by atoms with E-state index >= 15 is 0 Å². The number of hydrogen-bond acceptors (Lipinski definition) is 3. The van der Waals surface area contributed by atoms with E-state index in [0.29, 0.717) is 25.7 Å². The molecule has 3 nitrogen and oxygen atoms in total. The Labute approximate surface area is 72.1 Å². The maximum Gasteiger partial charge on any atom is 0.140 e. The van der Waals surface area contributed by atoms with Gasteiger partial charge in [0.25, 0.3) is 0 Å². The quantitative estimate of drug-likeness (QED) is 0.328. The van der Waals surface area contributed by atoms with Crippen LogP contribution in [-0.4, -0.2) is 17.9 Å². The molecule has 0 amide bonds. The van der Waals surface area contributed by atoms with Crippen LogP contribution in [0.15, 0.2) is 0 Å². The molecule has 0 rings (SSSR count). The Morgan fingerprint density at radius 1 is 1.25 bits per heavy atom. The highest BCUT2D eigenvalue weighted by molar-refractivity contribution is 5.98. The van der Waals surface area contributed by atoms with Gasteiger partial charge in [-0.25, -0.2) is 0 Å². The number of Topliss-reactive ketones (excluding diaryl/α,β-unsaturated/α-hetero) is 2. The van der Waals surface area contributed by atoms with Crippen molar-refractivity contribution in [2.24, 2.45) is 0 Å². The van der Waals surface area contributed by atoms with Gasteiger partial charge in [-0.05, 0) is 6.42 Å². The van der Waals surface area contributed by atoms with E-state index in [1.807, 2.05) is 0 Å². The van der Waals surface area contributed by atoms with Crippen molar-refractivity contribution in [3.05, 3.63) is 0 Å². The summed E-state index contributed by atoms with van der Waals surface area (Å²) < 4.78 is 0. The number of unbranched alkanes of at least 4 members (excludes halogenated alkanes) is 1. The second kappa shape index (κ2) is 6.70. The second-order valence-corrected chi connectivity index (χ2v) is 2.67. The Balaban J connectivity index is 3.46. The van der Waals surface area contributed by atoms with Crippen molar-refractivity contribution in [3.8, 4) is 0 Å². The summed E-state index contributed by atoms with van der Waals surface area (Å²) in [4.78, 5) is 31.6. The van der Waals surface area contributed by atoms with Crippen LogP contribution in [0.25, 0.3) is 0 Å². The lowest BCUT2D eigenvalue weighted by atomic mass is 10.1. The predicted molar refractivity (Wildman–Crippen MR) is 44.8 cm³/mol. The Kier molecular flexibility index (Phi) is 6.15. The van der Waals surface area contributed by atoms with Crippen LogP contribution in [-0.2, 0) is 14.4 Å². The highest BCUT2D eigenvalue weighted by Gasteiger charge is 2.06. The zero-order valence-corrected chi connectivity index (χ0v) is 7.34. The summed E-state index contributed by atoms with van der Waals surface area (Å²) in [7, 11) is 0. The Bertz CT molecular complexity index is 173. The lowest BCUT2D eigenvalue weighted by molar-refractivity contribution is -0.126. The third kappa shape index (κ3) is 5.77. The average Bonchev–Trinajstić information content (AvgIpc) is 2.05. The highest BCUT2D eigenvalue weighted by Crippen LogP contribution is 1.99. The van der Waals surface area contributed by atoms with Gasteiger partial charge in [0.15, 0.2) is 0 Å². The minimum Gasteiger partial charge on any atom is -0.303 e. The maximum atomic E-state index is 11.0. The normalized spacial score (nSPS) is 9.42. The highest BCUT2D eigenvalue weighted by atomic mass is 16.1. The molecular formula is C9H14O3. The molecule has 0 aliphatic heterocycles. The zero-order valence-electron chi connectivity index (χ0n) is 7.34. The molecule has 0 spiro atoms. The Morgan fingerprint density at radius 3 is 2.42 bits per heavy atom. The van der Waals surface area contributed by atoms with Crippen LogP contribution < -0.4 is 0 Å². The van der Waals surface area contributed by atoms with E-state index in [1.54, 1.807) is 6.92 Å². The van der Waals surface area contributed by atoms with Crippen molar-refractivity contribution in [2.45, 2.75) is 39.0 Å². The summed E-state index contributed by atoms with van der Waals surface area (Å²) in [6.45, 7) is 1.74. The summed E-state index contributed by atoms with van der Waals surface area (Å²) in [6.07, 6.45) is 2.57. The molecular weight excluding hydrogens is 156 g/mol. The summed E-state index contributed by atoms with van der Waals surface area (Å²) in [6, 6.07) is 0. The fraction of sp³-hybridized carbons (Fsp3) is 0.667. The first-order valence-electron chi connectivity index (χ1n) is 4.17. The molecule has 0 heterocycles. The lowest BCUT2D eigenvalue weighted by Gasteiger charge is -1.95. The van der Waals surface area contributed by atoms with Crippen molar-refractivity contribution in [2.75, 3.05) is 0 Å². The van der Waals surface area contributed by atoms with Gasteiger partial charge in [0.1, 0.15) is 17.9 Å². The molecule has 0 aromatic heterocycles. The van der Waals surface area contributed by atoms with E-state index in [9.17, 15) is 14.4 Å². The second-order valence-electron chi connectivity index (χ2n) is 2.67. The molecule has 3 heteroatoms. The number of carbonyl (C=O) groups excluding carboxylic acids is 3. The van der Waals surface area contributed by atoms with Crippen molar-refractivity contribution in [3.63, 3.8) is 0 Å². The molecule has 68 valence electrons. The third-order valence-corrected chi connectivity index (χ3v) is 1.57. The van der Waals surface area contributed by atoms with Crippen LogP contribution >= 0.6 is 0 Å². The first kappa shape index (κ1) is 11.0. The number of ketones is 2. The molecule has 0 aliphatic rings. The number of carbonyl (C=O) groups is 3. The van der Waals surface area contributed by atoms with E-state index in [4.69, 9.17) is 0 Å². The monoisotopic (exact) mass is 170 g/mol. The van der Waals surface area contributed by atoms with E-state index in [0.717, 1.165) is 6.29 Å². The molecule has 0 N–H and O–H groups in total. The first-order valence-corrected chi connectivity index (χ1v) is 4.17. The SMILES string of the molecule is CCC(=O)CC(=O)CCCC=O. The lowest BCUT2D eigenvalue weighted by Crippen LogP contribution is -2.06. The number of aldehydes is 1. The molecule has 0 saturated carbocycles. The molecule has 0 aromatic carbocycles. The third-order valence-electron chi connectivity index (χ3n) is 1.57. The fourth-order valence-electron chi connectivity index (χ4n) is 0.816. The molecule has 0 aliphatic carbocycles. The van der Waals surface area contributed by atoms with Gasteiger partial charge in [-0.15, -0.1) is 0 Å². The predicted octanol–water partition coefficient (Wildman–Crippen LogP) is 1.29. The topological polar surface area (TPSA) is 51.2 Å². The molecule has 0 radical (unpaired) electrons.